The van der Waals surface area contributed by atoms with Gasteiger partial charge < -0.3 is 14.8 Å². The summed E-state index contributed by atoms with van der Waals surface area (Å²) in [6, 6.07) is 10.8. The summed E-state index contributed by atoms with van der Waals surface area (Å²) in [4.78, 5) is 12.3. The Kier molecular flexibility index (Phi) is 6.32. The molecule has 0 fully saturated rings. The summed E-state index contributed by atoms with van der Waals surface area (Å²) in [5.41, 5.74) is 3.49. The standard InChI is InChI=1S/C21H26N2O5S/c1-15-6-7-17(13-16(15)2)22-21(24)5-4-10-23(29(3,25)26)18-8-9-19-20(14-18)28-12-11-27-19/h6-9,13-14H,4-5,10-12H2,1-3H3,(H,22,24). The molecule has 1 aliphatic rings. The van der Waals surface area contributed by atoms with Crippen LogP contribution in [0.1, 0.15) is 24.0 Å². The molecule has 1 aliphatic heterocycles. The van der Waals surface area contributed by atoms with Crippen molar-refractivity contribution in [2.75, 3.05) is 35.6 Å². The number of carbonyl (C=O) groups excluding carboxylic acids is 1. The molecule has 0 aliphatic carbocycles. The molecule has 0 radical (unpaired) electrons. The van der Waals surface area contributed by atoms with E-state index in [2.05, 4.69) is 5.32 Å². The average Bonchev–Trinajstić information content (AvgIpc) is 2.67. The van der Waals surface area contributed by atoms with E-state index in [1.54, 1.807) is 18.2 Å². The molecular formula is C21H26N2O5S. The fraction of sp³-hybridized carbons (Fsp3) is 0.381. The summed E-state index contributed by atoms with van der Waals surface area (Å²) in [5, 5.41) is 2.86. The minimum absolute atomic E-state index is 0.149. The van der Waals surface area contributed by atoms with Gasteiger partial charge in [-0.25, -0.2) is 8.42 Å². The predicted molar refractivity (Wildman–Crippen MR) is 113 cm³/mol. The Bertz CT molecular complexity index is 1000. The minimum atomic E-state index is -3.51. The molecule has 0 spiro atoms. The van der Waals surface area contributed by atoms with E-state index in [-0.39, 0.29) is 18.9 Å². The van der Waals surface area contributed by atoms with E-state index in [1.165, 1.54) is 4.31 Å². The van der Waals surface area contributed by atoms with Crippen molar-refractivity contribution in [1.82, 2.24) is 0 Å². The molecule has 29 heavy (non-hydrogen) atoms. The third-order valence-electron chi connectivity index (χ3n) is 4.77. The topological polar surface area (TPSA) is 84.9 Å². The summed E-state index contributed by atoms with van der Waals surface area (Å²) in [5.74, 6) is 0.972. The van der Waals surface area contributed by atoms with Crippen LogP contribution in [0.5, 0.6) is 11.5 Å². The molecule has 0 atom stereocenters. The Morgan fingerprint density at radius 2 is 1.76 bits per heavy atom. The number of nitrogens with one attached hydrogen (secondary N) is 1. The normalized spacial score (nSPS) is 13.1. The van der Waals surface area contributed by atoms with Crippen molar-refractivity contribution in [3.63, 3.8) is 0 Å². The minimum Gasteiger partial charge on any atom is -0.486 e. The van der Waals surface area contributed by atoms with Gasteiger partial charge in [0, 0.05) is 24.7 Å². The van der Waals surface area contributed by atoms with Crippen molar-refractivity contribution in [2.24, 2.45) is 0 Å². The Hall–Kier alpha value is -2.74. The Labute approximate surface area is 171 Å². The van der Waals surface area contributed by atoms with E-state index in [9.17, 15) is 13.2 Å². The fourth-order valence-corrected chi connectivity index (χ4v) is 4.06. The van der Waals surface area contributed by atoms with Gasteiger partial charge in [-0.05, 0) is 55.7 Å². The highest BCUT2D eigenvalue weighted by molar-refractivity contribution is 7.92. The second kappa shape index (κ2) is 8.73. The number of carbonyl (C=O) groups is 1. The smallest absolute Gasteiger partial charge is 0.232 e. The molecule has 0 bridgehead atoms. The first kappa shape index (κ1) is 21.0. The fourth-order valence-electron chi connectivity index (χ4n) is 3.10. The second-order valence-corrected chi connectivity index (χ2v) is 9.02. The highest BCUT2D eigenvalue weighted by Gasteiger charge is 2.21. The first-order valence-corrected chi connectivity index (χ1v) is 11.3. The molecule has 1 N–H and O–H groups in total. The zero-order valence-corrected chi connectivity index (χ0v) is 17.7. The molecule has 2 aromatic carbocycles. The van der Waals surface area contributed by atoms with Gasteiger partial charge in [-0.15, -0.1) is 0 Å². The van der Waals surface area contributed by atoms with Crippen LogP contribution in [-0.2, 0) is 14.8 Å². The number of anilines is 2. The van der Waals surface area contributed by atoms with Gasteiger partial charge in [0.25, 0.3) is 0 Å². The van der Waals surface area contributed by atoms with Crippen molar-refractivity contribution in [1.29, 1.82) is 0 Å². The number of aryl methyl sites for hydroxylation is 2. The highest BCUT2D eigenvalue weighted by Crippen LogP contribution is 2.34. The molecule has 0 unspecified atom stereocenters. The largest absolute Gasteiger partial charge is 0.486 e. The van der Waals surface area contributed by atoms with Crippen LogP contribution >= 0.6 is 0 Å². The van der Waals surface area contributed by atoms with Crippen LogP contribution in [0.25, 0.3) is 0 Å². The van der Waals surface area contributed by atoms with Gasteiger partial charge in [-0.1, -0.05) is 6.07 Å². The number of sulfonamides is 1. The number of amides is 1. The maximum absolute atomic E-state index is 12.3. The van der Waals surface area contributed by atoms with E-state index in [1.807, 2.05) is 32.0 Å². The lowest BCUT2D eigenvalue weighted by Crippen LogP contribution is -2.31. The third-order valence-corrected chi connectivity index (χ3v) is 5.96. The van der Waals surface area contributed by atoms with E-state index in [4.69, 9.17) is 9.47 Å². The van der Waals surface area contributed by atoms with Crippen molar-refractivity contribution in [3.8, 4) is 11.5 Å². The third kappa shape index (κ3) is 5.41. The van der Waals surface area contributed by atoms with Gasteiger partial charge >= 0.3 is 0 Å². The SMILES string of the molecule is Cc1ccc(NC(=O)CCCN(c2ccc3c(c2)OCCO3)S(C)(=O)=O)cc1C. The lowest BCUT2D eigenvalue weighted by Gasteiger charge is -2.25. The number of rotatable bonds is 7. The van der Waals surface area contributed by atoms with E-state index in [0.29, 0.717) is 36.8 Å². The zero-order valence-electron chi connectivity index (χ0n) is 16.9. The second-order valence-electron chi connectivity index (χ2n) is 7.11. The lowest BCUT2D eigenvalue weighted by atomic mass is 10.1. The van der Waals surface area contributed by atoms with Crippen LogP contribution in [0, 0.1) is 13.8 Å². The number of nitrogens with zero attached hydrogens (tertiary/aromatic N) is 1. The van der Waals surface area contributed by atoms with Gasteiger partial charge in [0.05, 0.1) is 11.9 Å². The Morgan fingerprint density at radius 1 is 1.03 bits per heavy atom. The molecule has 7 nitrogen and oxygen atoms in total. The maximum atomic E-state index is 12.3. The maximum Gasteiger partial charge on any atom is 0.232 e. The summed E-state index contributed by atoms with van der Waals surface area (Å²) in [7, 11) is -3.51. The van der Waals surface area contributed by atoms with Crippen molar-refractivity contribution >= 4 is 27.3 Å². The van der Waals surface area contributed by atoms with E-state index >= 15 is 0 Å². The van der Waals surface area contributed by atoms with Crippen LogP contribution in [0.4, 0.5) is 11.4 Å². The Balaban J connectivity index is 1.62. The molecule has 0 aromatic heterocycles. The van der Waals surface area contributed by atoms with Gasteiger partial charge in [-0.2, -0.15) is 0 Å². The number of hydrogen-bond acceptors (Lipinski definition) is 5. The van der Waals surface area contributed by atoms with Crippen LogP contribution in [0.15, 0.2) is 36.4 Å². The predicted octanol–water partition coefficient (Wildman–Crippen LogP) is 3.26. The summed E-state index contributed by atoms with van der Waals surface area (Å²) < 4.78 is 36.9. The van der Waals surface area contributed by atoms with E-state index in [0.717, 1.165) is 23.1 Å². The van der Waals surface area contributed by atoms with E-state index < -0.39 is 10.0 Å². The number of ether oxygens (including phenoxy) is 2. The number of fused-ring (bicyclic) bond motifs is 1. The highest BCUT2D eigenvalue weighted by atomic mass is 32.2. The summed E-state index contributed by atoms with van der Waals surface area (Å²) in [6.45, 7) is 5.09. The van der Waals surface area contributed by atoms with Gasteiger partial charge in [0.1, 0.15) is 13.2 Å². The molecular weight excluding hydrogens is 392 g/mol. The van der Waals surface area contributed by atoms with Crippen molar-refractivity contribution in [3.05, 3.63) is 47.5 Å². The first-order chi connectivity index (χ1) is 13.7. The average molecular weight is 419 g/mol. The quantitative estimate of drug-likeness (QED) is 0.746. The molecule has 156 valence electrons. The first-order valence-electron chi connectivity index (χ1n) is 9.48. The molecule has 2 aromatic rings. The molecule has 1 heterocycles. The molecule has 3 rings (SSSR count). The van der Waals surface area contributed by atoms with Crippen LogP contribution in [0.2, 0.25) is 0 Å². The van der Waals surface area contributed by atoms with Crippen molar-refractivity contribution in [2.45, 2.75) is 26.7 Å². The zero-order chi connectivity index (χ0) is 21.0. The van der Waals surface area contributed by atoms with Crippen LogP contribution < -0.4 is 19.1 Å². The Morgan fingerprint density at radius 3 is 2.45 bits per heavy atom. The van der Waals surface area contributed by atoms with Crippen molar-refractivity contribution < 1.29 is 22.7 Å². The lowest BCUT2D eigenvalue weighted by molar-refractivity contribution is -0.116. The number of benzene rings is 2. The summed E-state index contributed by atoms with van der Waals surface area (Å²) in [6.07, 6.45) is 1.75. The molecule has 0 saturated carbocycles. The summed E-state index contributed by atoms with van der Waals surface area (Å²) >= 11 is 0. The molecule has 0 saturated heterocycles. The molecule has 8 heteroatoms. The van der Waals surface area contributed by atoms with Gasteiger partial charge in [0.2, 0.25) is 15.9 Å². The van der Waals surface area contributed by atoms with Gasteiger partial charge in [-0.3, -0.25) is 9.10 Å². The van der Waals surface area contributed by atoms with Crippen LogP contribution in [0.3, 0.4) is 0 Å². The molecule has 1 amide bonds. The van der Waals surface area contributed by atoms with Crippen LogP contribution in [-0.4, -0.2) is 40.3 Å². The van der Waals surface area contributed by atoms with Gasteiger partial charge in [0.15, 0.2) is 11.5 Å². The monoisotopic (exact) mass is 418 g/mol. The number of hydrogen-bond donors (Lipinski definition) is 1.